The van der Waals surface area contributed by atoms with Gasteiger partial charge in [0.25, 0.3) is 5.56 Å². The number of aromatic nitrogens is 3. The maximum atomic E-state index is 14.6. The fourth-order valence-corrected chi connectivity index (χ4v) is 7.63. The van der Waals surface area contributed by atoms with Gasteiger partial charge >= 0.3 is 11.8 Å². The molecule has 1 saturated carbocycles. The lowest BCUT2D eigenvalue weighted by molar-refractivity contribution is -0.125. The highest BCUT2D eigenvalue weighted by Gasteiger charge is 2.35. The Morgan fingerprint density at radius 3 is 2.33 bits per heavy atom. The summed E-state index contributed by atoms with van der Waals surface area (Å²) in [4.78, 5) is 63.1. The third-order valence-corrected chi connectivity index (χ3v) is 10.7. The predicted molar refractivity (Wildman–Crippen MR) is 208 cm³/mol. The Balaban J connectivity index is 1.22. The number of likely N-dealkylation sites (N-methyl/N-ethyl adjacent to an activating group) is 1. The van der Waals surface area contributed by atoms with Gasteiger partial charge in [-0.05, 0) is 128 Å². The summed E-state index contributed by atoms with van der Waals surface area (Å²) < 4.78 is 22.6. The van der Waals surface area contributed by atoms with E-state index in [2.05, 4.69) is 51.4 Å². The fraction of sp³-hybridized carbons (Fsp3) is 0.500. The summed E-state index contributed by atoms with van der Waals surface area (Å²) in [6, 6.07) is 16.7. The molecular formula is C42H53FN6O5. The minimum Gasteiger partial charge on any atom is -0.444 e. The van der Waals surface area contributed by atoms with E-state index in [9.17, 15) is 23.6 Å². The number of nitrogens with one attached hydrogen (secondary N) is 1. The Morgan fingerprint density at radius 1 is 0.907 bits per heavy atom. The molecular weight excluding hydrogens is 687 g/mol. The maximum absolute atomic E-state index is 14.6. The van der Waals surface area contributed by atoms with Crippen LogP contribution >= 0.6 is 0 Å². The molecule has 54 heavy (non-hydrogen) atoms. The normalized spacial score (nSPS) is 19.0. The van der Waals surface area contributed by atoms with E-state index in [0.717, 1.165) is 62.5 Å². The number of rotatable bonds is 9. The number of halogens is 1. The van der Waals surface area contributed by atoms with Crippen LogP contribution in [0.3, 0.4) is 0 Å². The monoisotopic (exact) mass is 740 g/mol. The van der Waals surface area contributed by atoms with Crippen molar-refractivity contribution in [2.75, 3.05) is 33.2 Å². The van der Waals surface area contributed by atoms with Crippen molar-refractivity contribution in [1.29, 1.82) is 0 Å². The second kappa shape index (κ2) is 16.0. The van der Waals surface area contributed by atoms with Crippen molar-refractivity contribution in [2.24, 2.45) is 5.92 Å². The third-order valence-electron chi connectivity index (χ3n) is 10.7. The minimum absolute atomic E-state index is 0.0140. The van der Waals surface area contributed by atoms with Crippen LogP contribution in [-0.2, 0) is 16.1 Å². The Labute approximate surface area is 316 Å². The van der Waals surface area contributed by atoms with Crippen molar-refractivity contribution in [3.8, 4) is 16.8 Å². The molecule has 2 aromatic heterocycles. The highest BCUT2D eigenvalue weighted by molar-refractivity contribution is 5.91. The zero-order chi connectivity index (χ0) is 38.8. The molecule has 288 valence electrons. The fourth-order valence-electron chi connectivity index (χ4n) is 7.63. The number of alkyl carbamates (subject to hydrolysis) is 1. The van der Waals surface area contributed by atoms with Crippen molar-refractivity contribution in [2.45, 2.75) is 96.9 Å². The molecule has 1 aliphatic heterocycles. The van der Waals surface area contributed by atoms with Crippen molar-refractivity contribution < 1.29 is 18.7 Å². The Kier molecular flexibility index (Phi) is 11.5. The standard InChI is InChI=1S/C42H53FN6O5/c1-41(2,3)54-39(52)45-42(4,5)36(50)23-28-13-17-33(18-14-28)49-38(51)35-25-32(43)26-44-37(35)48(40(49)53)34-10-7-9-31(24-34)30-15-11-29(12-16-30)27-47-20-8-19-46(6)21-22-47/h7,9-12,15-16,24-26,28,33H,8,13-14,17-23,27H2,1-6H3,(H,45,52). The average Bonchev–Trinajstić information content (AvgIpc) is 3.32. The molecule has 1 aliphatic carbocycles. The van der Waals surface area contributed by atoms with E-state index >= 15 is 0 Å². The molecule has 4 aromatic rings. The second-order valence-corrected chi connectivity index (χ2v) is 16.6. The van der Waals surface area contributed by atoms with Crippen LogP contribution in [0, 0.1) is 11.7 Å². The van der Waals surface area contributed by atoms with E-state index in [1.807, 2.05) is 18.2 Å². The van der Waals surface area contributed by atoms with Gasteiger partial charge in [-0.15, -0.1) is 0 Å². The predicted octanol–water partition coefficient (Wildman–Crippen LogP) is 6.48. The van der Waals surface area contributed by atoms with Crippen molar-refractivity contribution in [1.82, 2.24) is 29.2 Å². The lowest BCUT2D eigenvalue weighted by atomic mass is 9.80. The van der Waals surface area contributed by atoms with Gasteiger partial charge in [-0.2, -0.15) is 0 Å². The number of carbonyl (C=O) groups excluding carboxylic acids is 2. The van der Waals surface area contributed by atoms with Crippen molar-refractivity contribution in [3.05, 3.63) is 93.0 Å². The van der Waals surface area contributed by atoms with Gasteiger partial charge in [-0.3, -0.25) is 19.1 Å². The van der Waals surface area contributed by atoms with E-state index < -0.39 is 40.3 Å². The van der Waals surface area contributed by atoms with E-state index in [1.54, 1.807) is 40.7 Å². The molecule has 1 saturated heterocycles. The summed E-state index contributed by atoms with van der Waals surface area (Å²) in [5.41, 5.74) is 0.794. The molecule has 0 spiro atoms. The van der Waals surface area contributed by atoms with Gasteiger partial charge in [-0.25, -0.2) is 23.5 Å². The molecule has 2 fully saturated rings. The number of nitrogens with zero attached hydrogens (tertiary/aromatic N) is 5. The number of pyridine rings is 1. The van der Waals surface area contributed by atoms with Crippen LogP contribution in [-0.4, -0.2) is 80.2 Å². The van der Waals surface area contributed by atoms with Gasteiger partial charge in [0.2, 0.25) is 0 Å². The van der Waals surface area contributed by atoms with Gasteiger partial charge in [0.15, 0.2) is 11.4 Å². The molecule has 12 heteroatoms. The molecule has 6 rings (SSSR count). The van der Waals surface area contributed by atoms with E-state index in [-0.39, 0.29) is 29.2 Å². The zero-order valence-corrected chi connectivity index (χ0v) is 32.4. The highest BCUT2D eigenvalue weighted by atomic mass is 19.1. The lowest BCUT2D eigenvalue weighted by Gasteiger charge is -2.32. The number of benzene rings is 2. The highest BCUT2D eigenvalue weighted by Crippen LogP contribution is 2.34. The molecule has 0 radical (unpaired) electrons. The largest absolute Gasteiger partial charge is 0.444 e. The van der Waals surface area contributed by atoms with E-state index in [0.29, 0.717) is 31.4 Å². The van der Waals surface area contributed by atoms with Crippen LogP contribution in [0.5, 0.6) is 0 Å². The Bertz CT molecular complexity index is 2110. The van der Waals surface area contributed by atoms with Crippen LogP contribution < -0.4 is 16.6 Å². The van der Waals surface area contributed by atoms with Gasteiger partial charge in [0.1, 0.15) is 11.4 Å². The molecule has 0 atom stereocenters. The number of ketones is 1. The zero-order valence-electron chi connectivity index (χ0n) is 32.4. The summed E-state index contributed by atoms with van der Waals surface area (Å²) >= 11 is 0. The van der Waals surface area contributed by atoms with Crippen LogP contribution in [0.1, 0.15) is 84.7 Å². The quantitative estimate of drug-likeness (QED) is 0.207. The summed E-state index contributed by atoms with van der Waals surface area (Å²) in [5, 5.41) is 2.71. The molecule has 2 aliphatic rings. The number of fused-ring (bicyclic) bond motifs is 1. The van der Waals surface area contributed by atoms with Crippen LogP contribution in [0.2, 0.25) is 0 Å². The number of hydrogen-bond acceptors (Lipinski definition) is 8. The number of carbonyl (C=O) groups is 2. The van der Waals surface area contributed by atoms with Gasteiger partial charge in [0.05, 0.1) is 22.8 Å². The number of ether oxygens (including phenoxy) is 1. The maximum Gasteiger partial charge on any atom is 0.408 e. The molecule has 0 bridgehead atoms. The first-order chi connectivity index (χ1) is 25.6. The summed E-state index contributed by atoms with van der Waals surface area (Å²) in [7, 11) is 2.17. The van der Waals surface area contributed by atoms with Crippen LogP contribution in [0.15, 0.2) is 70.4 Å². The lowest BCUT2D eigenvalue weighted by Crippen LogP contribution is -2.51. The molecule has 11 nitrogen and oxygen atoms in total. The van der Waals surface area contributed by atoms with Crippen molar-refractivity contribution >= 4 is 22.9 Å². The van der Waals surface area contributed by atoms with E-state index in [4.69, 9.17) is 4.74 Å². The molecule has 2 aromatic carbocycles. The first-order valence-corrected chi connectivity index (χ1v) is 19.1. The second-order valence-electron chi connectivity index (χ2n) is 16.6. The topological polar surface area (TPSA) is 119 Å². The summed E-state index contributed by atoms with van der Waals surface area (Å²) in [5.74, 6) is -0.772. The first kappa shape index (κ1) is 39.0. The third kappa shape index (κ3) is 9.15. The Hall–Kier alpha value is -4.68. The average molecular weight is 741 g/mol. The molecule has 0 unspecified atom stereocenters. The SMILES string of the molecule is CN1CCCN(Cc2ccc(-c3cccc(-n4c(=O)n(C5CCC(CC(=O)C(C)(C)NC(=O)OC(C)(C)C)CC5)c(=O)c5cc(F)cnc54)c3)cc2)CC1. The van der Waals surface area contributed by atoms with Gasteiger partial charge in [0, 0.05) is 32.1 Å². The van der Waals surface area contributed by atoms with Crippen molar-refractivity contribution in [3.63, 3.8) is 0 Å². The van der Waals surface area contributed by atoms with Gasteiger partial charge < -0.3 is 15.0 Å². The minimum atomic E-state index is -1.13. The summed E-state index contributed by atoms with van der Waals surface area (Å²) in [6.45, 7) is 13.8. The van der Waals surface area contributed by atoms with Crippen LogP contribution in [0.25, 0.3) is 27.8 Å². The number of Topliss-reactive ketones (excluding diaryl/α,β-unsaturated/α-hetero) is 1. The smallest absolute Gasteiger partial charge is 0.408 e. The molecule has 3 heterocycles. The Morgan fingerprint density at radius 2 is 1.63 bits per heavy atom. The van der Waals surface area contributed by atoms with E-state index in [1.165, 1.54) is 14.7 Å². The number of amides is 1. The summed E-state index contributed by atoms with van der Waals surface area (Å²) in [6.07, 6.45) is 3.94. The molecule has 1 amide bonds. The molecule has 1 N–H and O–H groups in total. The first-order valence-electron chi connectivity index (χ1n) is 19.1. The van der Waals surface area contributed by atoms with Crippen LogP contribution in [0.4, 0.5) is 9.18 Å². The van der Waals surface area contributed by atoms with Gasteiger partial charge in [-0.1, -0.05) is 36.4 Å². The number of hydrogen-bond donors (Lipinski definition) is 1.